The van der Waals surface area contributed by atoms with Gasteiger partial charge in [0.15, 0.2) is 21.5 Å². The molecule has 7 nitrogen and oxygen atoms in total. The van der Waals surface area contributed by atoms with Gasteiger partial charge in [-0.3, -0.25) is 9.78 Å². The van der Waals surface area contributed by atoms with Gasteiger partial charge in [-0.1, -0.05) is 17.7 Å². The Morgan fingerprint density at radius 1 is 1.08 bits per heavy atom. The Kier molecular flexibility index (Phi) is 7.26. The molecule has 0 aliphatic heterocycles. The van der Waals surface area contributed by atoms with Crippen molar-refractivity contribution in [2.75, 3.05) is 5.32 Å². The fourth-order valence-electron chi connectivity index (χ4n) is 6.01. The highest BCUT2D eigenvalue weighted by molar-refractivity contribution is 7.92. The van der Waals surface area contributed by atoms with Crippen LogP contribution in [0, 0.1) is 30.4 Å². The number of aliphatic hydroxyl groups is 2. The molecule has 2 aromatic carbocycles. The van der Waals surface area contributed by atoms with Crippen LogP contribution in [-0.4, -0.2) is 40.4 Å². The zero-order chi connectivity index (χ0) is 28.1. The number of aliphatic hydroxyl groups excluding tert-OH is 1. The number of fused-ring (bicyclic) bond motifs is 2. The summed E-state index contributed by atoms with van der Waals surface area (Å²) in [4.78, 5) is 16.9. The highest BCUT2D eigenvalue weighted by Gasteiger charge is 2.59. The fourth-order valence-corrected chi connectivity index (χ4v) is 8.42. The Bertz CT molecular complexity index is 1540. The Morgan fingerprint density at radius 2 is 1.77 bits per heavy atom. The molecule has 3 aromatic rings. The number of pyridine rings is 1. The summed E-state index contributed by atoms with van der Waals surface area (Å²) < 4.78 is 54.3. The van der Waals surface area contributed by atoms with Crippen LogP contribution in [0.4, 0.5) is 14.5 Å². The average molecular weight is 577 g/mol. The van der Waals surface area contributed by atoms with Gasteiger partial charge in [0, 0.05) is 23.0 Å². The Morgan fingerprint density at radius 3 is 2.41 bits per heavy atom. The Hall–Kier alpha value is -2.92. The van der Waals surface area contributed by atoms with Gasteiger partial charge in [0.05, 0.1) is 20.9 Å². The van der Waals surface area contributed by atoms with Gasteiger partial charge in [-0.05, 0) is 86.9 Å². The van der Waals surface area contributed by atoms with Gasteiger partial charge in [0.1, 0.15) is 11.7 Å². The zero-order valence-corrected chi connectivity index (χ0v) is 22.5. The molecule has 2 saturated carbocycles. The number of halogens is 3. The maximum atomic E-state index is 13.8. The second-order valence-corrected chi connectivity index (χ2v) is 12.9. The van der Waals surface area contributed by atoms with Crippen molar-refractivity contribution in [1.82, 2.24) is 4.98 Å². The number of nitrogens with one attached hydrogen (secondary N) is 1. The zero-order valence-electron chi connectivity index (χ0n) is 20.9. The van der Waals surface area contributed by atoms with Gasteiger partial charge < -0.3 is 15.5 Å². The largest absolute Gasteiger partial charge is 0.386 e. The minimum absolute atomic E-state index is 0.00283. The fraction of sp³-hybridized carbons (Fsp3) is 0.357. The maximum Gasteiger partial charge on any atom is 0.255 e. The first-order valence-electron chi connectivity index (χ1n) is 12.5. The molecule has 206 valence electrons. The summed E-state index contributed by atoms with van der Waals surface area (Å²) in [5.74, 6) is -3.88. The first kappa shape index (κ1) is 27.6. The molecule has 39 heavy (non-hydrogen) atoms. The second-order valence-electron chi connectivity index (χ2n) is 10.3. The van der Waals surface area contributed by atoms with Crippen molar-refractivity contribution in [3.63, 3.8) is 0 Å². The third-order valence-electron chi connectivity index (χ3n) is 8.01. The third-order valence-corrected chi connectivity index (χ3v) is 10.7. The molecule has 0 saturated heterocycles. The van der Waals surface area contributed by atoms with Crippen LogP contribution < -0.4 is 5.32 Å². The molecule has 1 unspecified atom stereocenters. The van der Waals surface area contributed by atoms with Crippen molar-refractivity contribution in [2.24, 2.45) is 11.8 Å². The number of carbonyl (C=O) groups excluding carboxylic acids is 1. The molecular formula is C28H27ClF2N2O5S. The van der Waals surface area contributed by atoms with Gasteiger partial charge in [0.2, 0.25) is 0 Å². The highest BCUT2D eigenvalue weighted by Crippen LogP contribution is 2.56. The predicted octanol–water partition coefficient (Wildman–Crippen LogP) is 5.00. The molecule has 2 aliphatic rings. The first-order valence-corrected chi connectivity index (χ1v) is 14.5. The van der Waals surface area contributed by atoms with E-state index in [1.165, 1.54) is 24.3 Å². The number of anilines is 1. The lowest BCUT2D eigenvalue weighted by molar-refractivity contribution is -0.145. The second kappa shape index (κ2) is 10.2. The number of hydrogen-bond donors (Lipinski definition) is 3. The molecule has 1 heterocycles. The number of rotatable bonds is 6. The minimum atomic E-state index is -4.04. The van der Waals surface area contributed by atoms with Gasteiger partial charge in [-0.2, -0.15) is 0 Å². The predicted molar refractivity (Wildman–Crippen MR) is 141 cm³/mol. The molecule has 5 rings (SSSR count). The Balaban J connectivity index is 1.39. The maximum absolute atomic E-state index is 13.8. The van der Waals surface area contributed by atoms with E-state index < -0.39 is 56.2 Å². The molecule has 5 atom stereocenters. The van der Waals surface area contributed by atoms with Gasteiger partial charge >= 0.3 is 0 Å². The van der Waals surface area contributed by atoms with E-state index in [9.17, 15) is 32.2 Å². The number of sulfone groups is 1. The SMILES string of the molecule is Cc1cccc(C(O)[C@@]2(O)[C@@H]3CC[C@H]2C[C@H](S(=O)(=O)c2cc(C(=O)Nc4ccc(F)c(F)c4)ccc2Cl)C3)n1. The van der Waals surface area contributed by atoms with Crippen molar-refractivity contribution in [1.29, 1.82) is 0 Å². The number of amides is 1. The summed E-state index contributed by atoms with van der Waals surface area (Å²) in [6.07, 6.45) is 0.0751. The van der Waals surface area contributed by atoms with Crippen molar-refractivity contribution < 1.29 is 32.2 Å². The van der Waals surface area contributed by atoms with E-state index in [1.807, 2.05) is 0 Å². The van der Waals surface area contributed by atoms with E-state index in [0.29, 0.717) is 24.2 Å². The number of aromatic nitrogens is 1. The molecule has 0 spiro atoms. The van der Waals surface area contributed by atoms with E-state index in [1.54, 1.807) is 25.1 Å². The lowest BCUT2D eigenvalue weighted by atomic mass is 9.70. The number of benzene rings is 2. The molecule has 2 aliphatic carbocycles. The summed E-state index contributed by atoms with van der Waals surface area (Å²) >= 11 is 6.29. The third kappa shape index (κ3) is 4.95. The molecule has 11 heteroatoms. The van der Waals surface area contributed by atoms with E-state index in [-0.39, 0.29) is 34.0 Å². The summed E-state index contributed by atoms with van der Waals surface area (Å²) in [5.41, 5.74) is -0.495. The van der Waals surface area contributed by atoms with Crippen LogP contribution >= 0.6 is 11.6 Å². The normalized spacial score (nSPS) is 25.3. The number of aryl methyl sites for hydroxylation is 1. The summed E-state index contributed by atoms with van der Waals surface area (Å²) in [6.45, 7) is 1.79. The Labute approximate surface area is 229 Å². The average Bonchev–Trinajstić information content (AvgIpc) is 3.05. The monoisotopic (exact) mass is 576 g/mol. The lowest BCUT2D eigenvalue weighted by Crippen LogP contribution is -2.52. The molecule has 0 radical (unpaired) electrons. The summed E-state index contributed by atoms with van der Waals surface area (Å²) in [5, 5.41) is 24.3. The van der Waals surface area contributed by atoms with Gasteiger partial charge in [0.25, 0.3) is 5.91 Å². The van der Waals surface area contributed by atoms with Crippen molar-refractivity contribution >= 4 is 33.0 Å². The van der Waals surface area contributed by atoms with Gasteiger partial charge in [-0.15, -0.1) is 0 Å². The van der Waals surface area contributed by atoms with E-state index in [2.05, 4.69) is 10.3 Å². The molecule has 2 bridgehead atoms. The molecular weight excluding hydrogens is 550 g/mol. The number of carbonyl (C=O) groups is 1. The van der Waals surface area contributed by atoms with Crippen LogP contribution in [0.2, 0.25) is 5.02 Å². The van der Waals surface area contributed by atoms with Crippen molar-refractivity contribution in [3.8, 4) is 0 Å². The summed E-state index contributed by atoms with van der Waals surface area (Å²) in [6, 6.07) is 11.9. The molecule has 1 amide bonds. The van der Waals surface area contributed by atoms with E-state index in [0.717, 1.165) is 12.1 Å². The summed E-state index contributed by atoms with van der Waals surface area (Å²) in [7, 11) is -4.04. The first-order chi connectivity index (χ1) is 18.4. The van der Waals surface area contributed by atoms with Crippen LogP contribution in [0.3, 0.4) is 0 Å². The van der Waals surface area contributed by atoms with Crippen LogP contribution in [0.1, 0.15) is 53.5 Å². The quantitative estimate of drug-likeness (QED) is 0.380. The smallest absolute Gasteiger partial charge is 0.255 e. The van der Waals surface area contributed by atoms with Crippen LogP contribution in [0.25, 0.3) is 0 Å². The van der Waals surface area contributed by atoms with Crippen LogP contribution in [0.5, 0.6) is 0 Å². The van der Waals surface area contributed by atoms with Crippen LogP contribution in [-0.2, 0) is 9.84 Å². The number of nitrogens with zero attached hydrogens (tertiary/aromatic N) is 1. The number of hydrogen-bond acceptors (Lipinski definition) is 6. The molecule has 2 fully saturated rings. The van der Waals surface area contributed by atoms with Crippen molar-refractivity contribution in [3.05, 3.63) is 88.2 Å². The standard InChI is InChI=1S/C28H27ClF2N2O5S/c1-15-3-2-4-24(32-15)26(34)28(36)17-6-7-18(28)13-20(12-17)39(37,38)25-11-16(5-9-21(25)29)27(35)33-19-8-10-22(30)23(31)14-19/h2-5,8-11,14,17-18,20,26,34,36H,6-7,12-13H2,1H3,(H,33,35)/t17-,18+,20-,26?,28-. The van der Waals surface area contributed by atoms with Crippen molar-refractivity contribution in [2.45, 2.75) is 54.5 Å². The highest BCUT2D eigenvalue weighted by atomic mass is 35.5. The van der Waals surface area contributed by atoms with E-state index in [4.69, 9.17) is 11.6 Å². The topological polar surface area (TPSA) is 117 Å². The lowest BCUT2D eigenvalue weighted by Gasteiger charge is -2.45. The van der Waals surface area contributed by atoms with Gasteiger partial charge in [-0.25, -0.2) is 17.2 Å². The molecule has 3 N–H and O–H groups in total. The van der Waals surface area contributed by atoms with E-state index >= 15 is 0 Å². The van der Waals surface area contributed by atoms with Crippen LogP contribution in [0.15, 0.2) is 59.5 Å². The molecule has 1 aromatic heterocycles. The minimum Gasteiger partial charge on any atom is -0.386 e.